The van der Waals surface area contributed by atoms with Crippen molar-refractivity contribution < 1.29 is 14.8 Å². The number of hydrogen-bond donors (Lipinski definition) is 3. The van der Waals surface area contributed by atoms with Crippen molar-refractivity contribution in [3.8, 4) is 0 Å². The number of hydrogen-bond acceptors (Lipinski definition) is 2. The average Bonchev–Trinajstić information content (AvgIpc) is 2.02. The van der Waals surface area contributed by atoms with Crippen LogP contribution in [0.3, 0.4) is 0 Å². The van der Waals surface area contributed by atoms with E-state index < -0.39 is 13.6 Å². The van der Waals surface area contributed by atoms with E-state index >= 15 is 0 Å². The van der Waals surface area contributed by atoms with Crippen molar-refractivity contribution >= 4 is 13.6 Å². The third-order valence-electron chi connectivity index (χ3n) is 2.58. The van der Waals surface area contributed by atoms with Crippen molar-refractivity contribution in [2.45, 2.75) is 12.8 Å². The third-order valence-corrected chi connectivity index (χ3v) is 5.02. The van der Waals surface area contributed by atoms with Gasteiger partial charge in [-0.3, -0.25) is 4.89 Å². The van der Waals surface area contributed by atoms with E-state index in [4.69, 9.17) is 5.11 Å². The standard InChI is InChI=1S/C8H16NO3P/c1-13(12)4-2-7(3-5-13)6-9-8(10)11/h7,9,12H,2-6H2,1H3/p+1. The maximum atomic E-state index is 10.2. The lowest BCUT2D eigenvalue weighted by Crippen LogP contribution is -2.31. The number of nitrogens with one attached hydrogen (secondary N) is 1. The SMILES string of the molecule is C[P+]1(O)CCC(CNC(=O)O)CC1. The molecule has 13 heavy (non-hydrogen) atoms. The molecule has 1 saturated heterocycles. The molecule has 5 heteroatoms. The summed E-state index contributed by atoms with van der Waals surface area (Å²) in [4.78, 5) is 20.0. The van der Waals surface area contributed by atoms with Gasteiger partial charge in [0.15, 0.2) is 0 Å². The fourth-order valence-corrected chi connectivity index (χ4v) is 3.68. The zero-order chi connectivity index (χ0) is 9.90. The second kappa shape index (κ2) is 4.25. The minimum Gasteiger partial charge on any atom is -0.465 e. The first-order valence-corrected chi connectivity index (χ1v) is 7.10. The normalized spacial score (nSPS) is 34.2. The molecule has 0 aliphatic carbocycles. The monoisotopic (exact) mass is 206 g/mol. The molecule has 0 atom stereocenters. The van der Waals surface area contributed by atoms with Crippen LogP contribution < -0.4 is 5.32 Å². The maximum absolute atomic E-state index is 10.2. The van der Waals surface area contributed by atoms with Crippen molar-refractivity contribution in [1.29, 1.82) is 0 Å². The molecular formula is C8H17NO3P+. The highest BCUT2D eigenvalue weighted by molar-refractivity contribution is 7.69. The van der Waals surface area contributed by atoms with E-state index in [0.717, 1.165) is 25.2 Å². The molecule has 0 aromatic rings. The zero-order valence-electron chi connectivity index (χ0n) is 7.86. The van der Waals surface area contributed by atoms with E-state index in [-0.39, 0.29) is 0 Å². The van der Waals surface area contributed by atoms with Gasteiger partial charge >= 0.3 is 6.09 Å². The largest absolute Gasteiger partial charge is 0.465 e. The molecule has 0 bridgehead atoms. The van der Waals surface area contributed by atoms with Gasteiger partial charge in [0.1, 0.15) is 7.49 Å². The van der Waals surface area contributed by atoms with E-state index in [1.807, 2.05) is 6.66 Å². The Kier molecular flexibility index (Phi) is 3.51. The molecule has 1 rings (SSSR count). The Hall–Kier alpha value is -0.340. The van der Waals surface area contributed by atoms with Gasteiger partial charge < -0.3 is 10.4 Å². The Bertz CT molecular complexity index is 186. The van der Waals surface area contributed by atoms with Crippen molar-refractivity contribution in [2.75, 3.05) is 25.5 Å². The van der Waals surface area contributed by atoms with Gasteiger partial charge in [-0.1, -0.05) is 0 Å². The predicted molar refractivity (Wildman–Crippen MR) is 53.5 cm³/mol. The number of amides is 1. The van der Waals surface area contributed by atoms with Crippen LogP contribution in [0.25, 0.3) is 0 Å². The highest BCUT2D eigenvalue weighted by Crippen LogP contribution is 2.55. The molecule has 1 aliphatic rings. The molecule has 1 heterocycles. The summed E-state index contributed by atoms with van der Waals surface area (Å²) in [6, 6.07) is 0. The van der Waals surface area contributed by atoms with Gasteiger partial charge in [-0.2, -0.15) is 0 Å². The molecule has 0 radical (unpaired) electrons. The Morgan fingerprint density at radius 2 is 2.08 bits per heavy atom. The van der Waals surface area contributed by atoms with Crippen molar-refractivity contribution in [3.05, 3.63) is 0 Å². The van der Waals surface area contributed by atoms with Crippen LogP contribution >= 0.6 is 7.49 Å². The van der Waals surface area contributed by atoms with Gasteiger partial charge in [-0.05, 0) is 18.8 Å². The third kappa shape index (κ3) is 3.92. The quantitative estimate of drug-likeness (QED) is 0.595. The van der Waals surface area contributed by atoms with Crippen LogP contribution in [-0.2, 0) is 0 Å². The van der Waals surface area contributed by atoms with Crippen molar-refractivity contribution in [2.24, 2.45) is 5.92 Å². The lowest BCUT2D eigenvalue weighted by Gasteiger charge is -2.26. The molecule has 0 spiro atoms. The molecule has 1 fully saturated rings. The first-order valence-electron chi connectivity index (χ1n) is 4.54. The van der Waals surface area contributed by atoms with Crippen LogP contribution in [-0.4, -0.2) is 41.6 Å². The summed E-state index contributed by atoms with van der Waals surface area (Å²) in [5, 5.41) is 10.8. The zero-order valence-corrected chi connectivity index (χ0v) is 8.76. The summed E-state index contributed by atoms with van der Waals surface area (Å²) >= 11 is 0. The molecule has 3 N–H and O–H groups in total. The molecular weight excluding hydrogens is 189 g/mol. The van der Waals surface area contributed by atoms with Gasteiger partial charge in [-0.15, -0.1) is 0 Å². The Morgan fingerprint density at radius 1 is 1.54 bits per heavy atom. The van der Waals surface area contributed by atoms with Crippen LogP contribution in [0.1, 0.15) is 12.8 Å². The van der Waals surface area contributed by atoms with Gasteiger partial charge in [0, 0.05) is 6.54 Å². The Balaban J connectivity index is 2.21. The van der Waals surface area contributed by atoms with Gasteiger partial charge in [-0.25, -0.2) is 4.79 Å². The number of carboxylic acid groups (broad SMARTS) is 1. The fraction of sp³-hybridized carbons (Fsp3) is 0.875. The van der Waals surface area contributed by atoms with E-state index in [2.05, 4.69) is 5.32 Å². The topological polar surface area (TPSA) is 69.6 Å². The van der Waals surface area contributed by atoms with Crippen molar-refractivity contribution in [1.82, 2.24) is 5.32 Å². The molecule has 4 nitrogen and oxygen atoms in total. The number of rotatable bonds is 2. The summed E-state index contributed by atoms with van der Waals surface area (Å²) in [5.74, 6) is 0.427. The average molecular weight is 206 g/mol. The van der Waals surface area contributed by atoms with Gasteiger partial charge in [0.05, 0.1) is 19.0 Å². The first-order chi connectivity index (χ1) is 5.99. The van der Waals surface area contributed by atoms with Crippen LogP contribution in [0.15, 0.2) is 0 Å². The molecule has 1 aliphatic heterocycles. The van der Waals surface area contributed by atoms with E-state index in [1.54, 1.807) is 0 Å². The van der Waals surface area contributed by atoms with Crippen LogP contribution in [0, 0.1) is 5.92 Å². The smallest absolute Gasteiger partial charge is 0.404 e. The molecule has 76 valence electrons. The predicted octanol–water partition coefficient (Wildman–Crippen LogP) is 1.22. The van der Waals surface area contributed by atoms with Gasteiger partial charge in [0.25, 0.3) is 0 Å². The lowest BCUT2D eigenvalue weighted by atomic mass is 10.0. The first kappa shape index (κ1) is 10.7. The minimum atomic E-state index is -1.60. The highest BCUT2D eigenvalue weighted by atomic mass is 31.2. The summed E-state index contributed by atoms with van der Waals surface area (Å²) < 4.78 is 0. The second-order valence-electron chi connectivity index (χ2n) is 3.92. The Morgan fingerprint density at radius 3 is 2.54 bits per heavy atom. The summed E-state index contributed by atoms with van der Waals surface area (Å²) in [6.45, 7) is 2.49. The van der Waals surface area contributed by atoms with E-state index in [0.29, 0.717) is 12.5 Å². The second-order valence-corrected chi connectivity index (χ2v) is 7.49. The van der Waals surface area contributed by atoms with Gasteiger partial charge in [0.2, 0.25) is 0 Å². The maximum Gasteiger partial charge on any atom is 0.404 e. The molecule has 0 aromatic carbocycles. The minimum absolute atomic E-state index is 0.427. The highest BCUT2D eigenvalue weighted by Gasteiger charge is 2.35. The van der Waals surface area contributed by atoms with E-state index in [9.17, 15) is 9.69 Å². The van der Waals surface area contributed by atoms with Crippen LogP contribution in [0.2, 0.25) is 0 Å². The molecule has 0 unspecified atom stereocenters. The van der Waals surface area contributed by atoms with Crippen molar-refractivity contribution in [3.63, 3.8) is 0 Å². The Labute approximate surface area is 78.8 Å². The fourth-order valence-electron chi connectivity index (χ4n) is 1.61. The lowest BCUT2D eigenvalue weighted by molar-refractivity contribution is 0.192. The number of carbonyl (C=O) groups is 1. The van der Waals surface area contributed by atoms with E-state index in [1.165, 1.54) is 0 Å². The summed E-state index contributed by atoms with van der Waals surface area (Å²) in [7, 11) is -1.60. The van der Waals surface area contributed by atoms with Crippen LogP contribution in [0.5, 0.6) is 0 Å². The summed E-state index contributed by atoms with van der Waals surface area (Å²) in [5.41, 5.74) is 0. The summed E-state index contributed by atoms with van der Waals surface area (Å²) in [6.07, 6.45) is 2.74. The molecule has 0 aromatic heterocycles. The molecule has 1 amide bonds. The van der Waals surface area contributed by atoms with Crippen LogP contribution in [0.4, 0.5) is 4.79 Å². The molecule has 0 saturated carbocycles.